The predicted octanol–water partition coefficient (Wildman–Crippen LogP) is 2.96. The summed E-state index contributed by atoms with van der Waals surface area (Å²) in [7, 11) is 1.58. The van der Waals surface area contributed by atoms with E-state index in [-0.39, 0.29) is 11.9 Å². The van der Waals surface area contributed by atoms with Crippen molar-refractivity contribution in [3.8, 4) is 5.75 Å². The van der Waals surface area contributed by atoms with Gasteiger partial charge < -0.3 is 19.9 Å². The first kappa shape index (κ1) is 16.8. The fourth-order valence-corrected chi connectivity index (χ4v) is 2.96. The minimum atomic E-state index is -0.553. The first-order valence-electron chi connectivity index (χ1n) is 8.19. The Kier molecular flexibility index (Phi) is 4.88. The number of hydrogen-bond acceptors (Lipinski definition) is 3. The lowest BCUT2D eigenvalue weighted by molar-refractivity contribution is -0.123. The van der Waals surface area contributed by atoms with Gasteiger partial charge in [-0.1, -0.05) is 30.3 Å². The fourth-order valence-electron chi connectivity index (χ4n) is 2.96. The van der Waals surface area contributed by atoms with E-state index in [1.165, 1.54) is 0 Å². The summed E-state index contributed by atoms with van der Waals surface area (Å²) in [5, 5.41) is 2.83. The summed E-state index contributed by atoms with van der Waals surface area (Å²) in [5.74, 6) is 0.518. The largest absolute Gasteiger partial charge is 0.495 e. The number of carbonyl (C=O) groups is 2. The number of para-hydroxylation sites is 3. The van der Waals surface area contributed by atoms with Crippen molar-refractivity contribution < 1.29 is 14.3 Å². The van der Waals surface area contributed by atoms with Gasteiger partial charge in [-0.3, -0.25) is 4.79 Å². The van der Waals surface area contributed by atoms with Crippen molar-refractivity contribution in [3.05, 3.63) is 54.6 Å². The molecule has 0 spiro atoms. The average Bonchev–Trinajstić information content (AvgIpc) is 2.64. The number of ether oxygens (including phenoxy) is 1. The van der Waals surface area contributed by atoms with Gasteiger partial charge in [-0.15, -0.1) is 0 Å². The van der Waals surface area contributed by atoms with Gasteiger partial charge in [0.25, 0.3) is 0 Å². The zero-order valence-electron chi connectivity index (χ0n) is 14.3. The van der Waals surface area contributed by atoms with Crippen LogP contribution in [0.5, 0.6) is 5.75 Å². The minimum Gasteiger partial charge on any atom is -0.495 e. The average molecular weight is 339 g/mol. The molecule has 3 amide bonds. The monoisotopic (exact) mass is 339 g/mol. The molecule has 1 heterocycles. The molecule has 0 saturated carbocycles. The maximum atomic E-state index is 12.8. The molecule has 1 aliphatic rings. The SMILES string of the molecule is COc1ccccc1N1CCN(C(=O)Nc2ccccc2)[C@H](C)C1=O. The summed E-state index contributed by atoms with van der Waals surface area (Å²) < 4.78 is 5.35. The van der Waals surface area contributed by atoms with E-state index in [2.05, 4.69) is 5.32 Å². The Balaban J connectivity index is 1.74. The van der Waals surface area contributed by atoms with Crippen LogP contribution in [-0.2, 0) is 4.79 Å². The number of rotatable bonds is 3. The highest BCUT2D eigenvalue weighted by molar-refractivity contribution is 6.02. The molecule has 1 N–H and O–H groups in total. The highest BCUT2D eigenvalue weighted by Crippen LogP contribution is 2.30. The van der Waals surface area contributed by atoms with Gasteiger partial charge in [0.05, 0.1) is 12.8 Å². The Hall–Kier alpha value is -3.02. The Morgan fingerprint density at radius 2 is 1.76 bits per heavy atom. The minimum absolute atomic E-state index is 0.126. The van der Waals surface area contributed by atoms with Crippen LogP contribution in [0.4, 0.5) is 16.2 Å². The fraction of sp³-hybridized carbons (Fsp3) is 0.263. The van der Waals surface area contributed by atoms with Crippen molar-refractivity contribution in [2.24, 2.45) is 0 Å². The highest BCUT2D eigenvalue weighted by atomic mass is 16.5. The molecule has 1 saturated heterocycles. The summed E-state index contributed by atoms with van der Waals surface area (Å²) in [4.78, 5) is 28.6. The van der Waals surface area contributed by atoms with Crippen LogP contribution in [0.3, 0.4) is 0 Å². The molecule has 130 valence electrons. The zero-order valence-corrected chi connectivity index (χ0v) is 14.3. The molecule has 0 radical (unpaired) electrons. The van der Waals surface area contributed by atoms with E-state index in [1.807, 2.05) is 54.6 Å². The summed E-state index contributed by atoms with van der Waals surface area (Å²) >= 11 is 0. The Morgan fingerprint density at radius 1 is 1.08 bits per heavy atom. The molecule has 0 aromatic heterocycles. The third kappa shape index (κ3) is 3.42. The number of amides is 3. The number of hydrogen-bond donors (Lipinski definition) is 1. The lowest BCUT2D eigenvalue weighted by atomic mass is 10.1. The maximum absolute atomic E-state index is 12.8. The van der Waals surface area contributed by atoms with E-state index in [0.29, 0.717) is 24.5 Å². The lowest BCUT2D eigenvalue weighted by Gasteiger charge is -2.39. The van der Waals surface area contributed by atoms with E-state index in [1.54, 1.807) is 23.8 Å². The second kappa shape index (κ2) is 7.25. The number of carbonyl (C=O) groups excluding carboxylic acids is 2. The molecule has 1 atom stereocenters. The van der Waals surface area contributed by atoms with Gasteiger partial charge in [-0.25, -0.2) is 4.79 Å². The van der Waals surface area contributed by atoms with E-state index in [4.69, 9.17) is 4.74 Å². The molecule has 0 aliphatic carbocycles. The van der Waals surface area contributed by atoms with Crippen molar-refractivity contribution in [1.82, 2.24) is 4.90 Å². The summed E-state index contributed by atoms with van der Waals surface area (Å²) in [6.07, 6.45) is 0. The topological polar surface area (TPSA) is 61.9 Å². The second-order valence-electron chi connectivity index (χ2n) is 5.83. The quantitative estimate of drug-likeness (QED) is 0.935. The maximum Gasteiger partial charge on any atom is 0.322 e. The molecule has 1 fully saturated rings. The number of methoxy groups -OCH3 is 1. The third-order valence-corrected chi connectivity index (χ3v) is 4.32. The van der Waals surface area contributed by atoms with Crippen molar-refractivity contribution in [2.45, 2.75) is 13.0 Å². The van der Waals surface area contributed by atoms with Gasteiger partial charge in [-0.2, -0.15) is 0 Å². The third-order valence-electron chi connectivity index (χ3n) is 4.32. The number of benzene rings is 2. The van der Waals surface area contributed by atoms with Crippen LogP contribution in [0.1, 0.15) is 6.92 Å². The summed E-state index contributed by atoms with van der Waals surface area (Å²) in [6.45, 7) is 2.61. The van der Waals surface area contributed by atoms with Crippen LogP contribution in [-0.4, -0.2) is 43.1 Å². The first-order valence-corrected chi connectivity index (χ1v) is 8.19. The van der Waals surface area contributed by atoms with Gasteiger partial charge >= 0.3 is 6.03 Å². The molecule has 0 unspecified atom stereocenters. The van der Waals surface area contributed by atoms with Crippen LogP contribution >= 0.6 is 0 Å². The standard InChI is InChI=1S/C19H21N3O3/c1-14-18(23)22(16-10-6-7-11-17(16)25-2)13-12-21(14)19(24)20-15-8-4-3-5-9-15/h3-11,14H,12-13H2,1-2H3,(H,20,24)/t14-/m1/s1. The zero-order chi connectivity index (χ0) is 17.8. The lowest BCUT2D eigenvalue weighted by Crippen LogP contribution is -2.58. The highest BCUT2D eigenvalue weighted by Gasteiger charge is 2.35. The van der Waals surface area contributed by atoms with Crippen LogP contribution in [0.15, 0.2) is 54.6 Å². The number of nitrogens with zero attached hydrogens (tertiary/aromatic N) is 2. The molecule has 6 nitrogen and oxygen atoms in total. The van der Waals surface area contributed by atoms with Gasteiger partial charge in [0.2, 0.25) is 5.91 Å². The molecular weight excluding hydrogens is 318 g/mol. The molecule has 25 heavy (non-hydrogen) atoms. The normalized spacial score (nSPS) is 17.4. The molecule has 2 aromatic rings. The molecule has 3 rings (SSSR count). The number of piperazine rings is 1. The van der Waals surface area contributed by atoms with Crippen molar-refractivity contribution in [3.63, 3.8) is 0 Å². The molecular formula is C19H21N3O3. The van der Waals surface area contributed by atoms with Crippen molar-refractivity contribution in [1.29, 1.82) is 0 Å². The smallest absolute Gasteiger partial charge is 0.322 e. The van der Waals surface area contributed by atoms with Crippen LogP contribution in [0.25, 0.3) is 0 Å². The Bertz CT molecular complexity index is 764. The van der Waals surface area contributed by atoms with E-state index in [0.717, 1.165) is 5.69 Å². The van der Waals surface area contributed by atoms with Crippen LogP contribution in [0.2, 0.25) is 0 Å². The first-order chi connectivity index (χ1) is 12.1. The summed E-state index contributed by atoms with van der Waals surface area (Å²) in [5.41, 5.74) is 1.43. The number of urea groups is 1. The van der Waals surface area contributed by atoms with Crippen LogP contribution < -0.4 is 15.0 Å². The van der Waals surface area contributed by atoms with Crippen molar-refractivity contribution in [2.75, 3.05) is 30.4 Å². The van der Waals surface area contributed by atoms with E-state index in [9.17, 15) is 9.59 Å². The molecule has 0 bridgehead atoms. The number of nitrogens with one attached hydrogen (secondary N) is 1. The molecule has 6 heteroatoms. The van der Waals surface area contributed by atoms with Gasteiger partial charge in [0.15, 0.2) is 0 Å². The van der Waals surface area contributed by atoms with E-state index < -0.39 is 6.04 Å². The Morgan fingerprint density at radius 3 is 2.48 bits per heavy atom. The molecule has 1 aliphatic heterocycles. The van der Waals surface area contributed by atoms with Gasteiger partial charge in [0.1, 0.15) is 11.8 Å². The number of anilines is 2. The second-order valence-corrected chi connectivity index (χ2v) is 5.83. The summed E-state index contributed by atoms with van der Waals surface area (Å²) in [6, 6.07) is 15.8. The Labute approximate surface area is 147 Å². The predicted molar refractivity (Wildman–Crippen MR) is 97.0 cm³/mol. The van der Waals surface area contributed by atoms with Crippen molar-refractivity contribution >= 4 is 23.3 Å². The van der Waals surface area contributed by atoms with Crippen LogP contribution in [0, 0.1) is 0 Å². The molecule has 2 aromatic carbocycles. The van der Waals surface area contributed by atoms with Gasteiger partial charge in [-0.05, 0) is 31.2 Å². The van der Waals surface area contributed by atoms with Gasteiger partial charge in [0, 0.05) is 18.8 Å². The van der Waals surface area contributed by atoms with E-state index >= 15 is 0 Å².